The monoisotopic (exact) mass is 319 g/mol. The molecule has 5 heteroatoms. The third-order valence-corrected chi connectivity index (χ3v) is 5.22. The second-order valence-electron chi connectivity index (χ2n) is 5.97. The number of nitrogens with one attached hydrogen (secondary N) is 2. The molecule has 1 heterocycles. The first kappa shape index (κ1) is 15.7. The number of nitrogens with zero attached hydrogens (tertiary/aromatic N) is 1. The quantitative estimate of drug-likeness (QED) is 0.791. The minimum Gasteiger partial charge on any atom is -0.489 e. The van der Waals surface area contributed by atoms with Crippen LogP contribution in [0.1, 0.15) is 39.0 Å². The Kier molecular flexibility index (Phi) is 5.26. The topological polar surface area (TPSA) is 49.9 Å². The molecule has 1 aromatic heterocycles. The highest BCUT2D eigenvalue weighted by Crippen LogP contribution is 2.36. The van der Waals surface area contributed by atoms with Gasteiger partial charge in [-0.05, 0) is 57.0 Å². The second-order valence-corrected chi connectivity index (χ2v) is 6.79. The predicted octanol–water partition coefficient (Wildman–Crippen LogP) is 3.97. The Labute approximate surface area is 136 Å². The molecule has 1 saturated carbocycles. The third-order valence-electron chi connectivity index (χ3n) is 4.39. The van der Waals surface area contributed by atoms with Crippen LogP contribution in [-0.4, -0.2) is 35.1 Å². The molecule has 120 valence electrons. The average molecular weight is 319 g/mol. The molecular formula is C17H25N3OS. The highest BCUT2D eigenvalue weighted by molar-refractivity contribution is 7.99. The van der Waals surface area contributed by atoms with E-state index in [1.54, 1.807) is 11.8 Å². The highest BCUT2D eigenvalue weighted by Gasteiger charge is 2.23. The molecule has 0 saturated heterocycles. The van der Waals surface area contributed by atoms with E-state index in [9.17, 15) is 0 Å². The molecule has 1 aliphatic carbocycles. The molecule has 0 atom stereocenters. The first-order valence-electron chi connectivity index (χ1n) is 8.22. The van der Waals surface area contributed by atoms with Gasteiger partial charge in [0.1, 0.15) is 5.75 Å². The van der Waals surface area contributed by atoms with Gasteiger partial charge in [-0.15, -0.1) is 11.8 Å². The van der Waals surface area contributed by atoms with Crippen molar-refractivity contribution < 1.29 is 4.74 Å². The first-order chi connectivity index (χ1) is 10.8. The van der Waals surface area contributed by atoms with E-state index in [1.807, 2.05) is 6.20 Å². The van der Waals surface area contributed by atoms with E-state index in [0.717, 1.165) is 36.0 Å². The van der Waals surface area contributed by atoms with E-state index in [1.165, 1.54) is 24.2 Å². The average Bonchev–Trinajstić information content (AvgIpc) is 3.02. The number of aromatic amines is 1. The number of rotatable bonds is 6. The Bertz CT molecular complexity index is 605. The van der Waals surface area contributed by atoms with Crippen LogP contribution < -0.4 is 10.1 Å². The molecular weight excluding hydrogens is 294 g/mol. The van der Waals surface area contributed by atoms with Gasteiger partial charge < -0.3 is 10.1 Å². The molecule has 0 spiro atoms. The van der Waals surface area contributed by atoms with Crippen LogP contribution in [-0.2, 0) is 0 Å². The van der Waals surface area contributed by atoms with Crippen molar-refractivity contribution in [3.63, 3.8) is 0 Å². The number of benzene rings is 1. The van der Waals surface area contributed by atoms with Crippen LogP contribution in [0.2, 0.25) is 0 Å². The molecule has 22 heavy (non-hydrogen) atoms. The standard InChI is InChI=1S/C17H25N3OS/c1-3-10-18-12-4-6-13(7-5-12)21-16-9-8-15-14(11-19-20-15)17(16)22-2/h8-9,11-13,18H,3-7,10H2,1-2H3,(H,19,20)/t12-,13-. The number of thioether (sulfide) groups is 1. The summed E-state index contributed by atoms with van der Waals surface area (Å²) >= 11 is 1.73. The summed E-state index contributed by atoms with van der Waals surface area (Å²) in [6.07, 6.45) is 10.2. The van der Waals surface area contributed by atoms with Gasteiger partial charge in [0.15, 0.2) is 0 Å². The van der Waals surface area contributed by atoms with E-state index < -0.39 is 0 Å². The lowest BCUT2D eigenvalue weighted by molar-refractivity contribution is 0.137. The van der Waals surface area contributed by atoms with E-state index in [-0.39, 0.29) is 0 Å². The summed E-state index contributed by atoms with van der Waals surface area (Å²) in [7, 11) is 0. The predicted molar refractivity (Wildman–Crippen MR) is 92.8 cm³/mol. The van der Waals surface area contributed by atoms with Gasteiger partial charge >= 0.3 is 0 Å². The van der Waals surface area contributed by atoms with Crippen molar-refractivity contribution in [2.45, 2.75) is 56.1 Å². The van der Waals surface area contributed by atoms with Crippen LogP contribution in [0.3, 0.4) is 0 Å². The molecule has 1 fully saturated rings. The van der Waals surface area contributed by atoms with Gasteiger partial charge in [-0.3, -0.25) is 5.10 Å². The van der Waals surface area contributed by atoms with Gasteiger partial charge in [0.25, 0.3) is 0 Å². The molecule has 0 radical (unpaired) electrons. The lowest BCUT2D eigenvalue weighted by Crippen LogP contribution is -2.36. The zero-order valence-corrected chi connectivity index (χ0v) is 14.2. The molecule has 3 rings (SSSR count). The summed E-state index contributed by atoms with van der Waals surface area (Å²) < 4.78 is 6.32. The molecule has 4 nitrogen and oxygen atoms in total. The van der Waals surface area contributed by atoms with Crippen molar-refractivity contribution in [1.82, 2.24) is 15.5 Å². The van der Waals surface area contributed by atoms with Crippen LogP contribution >= 0.6 is 11.8 Å². The van der Waals surface area contributed by atoms with E-state index in [2.05, 4.69) is 40.8 Å². The number of hydrogen-bond donors (Lipinski definition) is 2. The fourth-order valence-corrected chi connectivity index (χ4v) is 3.89. The zero-order valence-electron chi connectivity index (χ0n) is 13.4. The van der Waals surface area contributed by atoms with Gasteiger partial charge in [-0.2, -0.15) is 5.10 Å². The molecule has 0 unspecified atom stereocenters. The van der Waals surface area contributed by atoms with Crippen molar-refractivity contribution in [1.29, 1.82) is 0 Å². The minimum atomic E-state index is 0.343. The normalized spacial score (nSPS) is 22.1. The summed E-state index contributed by atoms with van der Waals surface area (Å²) in [6.45, 7) is 3.35. The van der Waals surface area contributed by atoms with Crippen molar-refractivity contribution >= 4 is 22.7 Å². The maximum atomic E-state index is 6.32. The first-order valence-corrected chi connectivity index (χ1v) is 9.44. The zero-order chi connectivity index (χ0) is 15.4. The van der Waals surface area contributed by atoms with E-state index in [4.69, 9.17) is 4.74 Å². The molecule has 0 bridgehead atoms. The van der Waals surface area contributed by atoms with Gasteiger partial charge in [0, 0.05) is 11.4 Å². The van der Waals surface area contributed by atoms with Gasteiger partial charge in [-0.1, -0.05) is 6.92 Å². The summed E-state index contributed by atoms with van der Waals surface area (Å²) in [5, 5.41) is 11.9. The largest absolute Gasteiger partial charge is 0.489 e. The fourth-order valence-electron chi connectivity index (χ4n) is 3.19. The summed E-state index contributed by atoms with van der Waals surface area (Å²) in [5.41, 5.74) is 1.07. The molecule has 2 N–H and O–H groups in total. The van der Waals surface area contributed by atoms with Gasteiger partial charge in [-0.25, -0.2) is 0 Å². The van der Waals surface area contributed by atoms with Gasteiger partial charge in [0.2, 0.25) is 0 Å². The smallest absolute Gasteiger partial charge is 0.134 e. The number of aromatic nitrogens is 2. The number of ether oxygens (including phenoxy) is 1. The third kappa shape index (κ3) is 3.41. The molecule has 1 aliphatic rings. The Morgan fingerprint density at radius 2 is 2.14 bits per heavy atom. The summed E-state index contributed by atoms with van der Waals surface area (Å²) in [6, 6.07) is 4.82. The van der Waals surface area contributed by atoms with Crippen LogP contribution in [0.4, 0.5) is 0 Å². The molecule has 0 aliphatic heterocycles. The number of H-pyrrole nitrogens is 1. The second kappa shape index (κ2) is 7.38. The van der Waals surface area contributed by atoms with Crippen molar-refractivity contribution in [3.05, 3.63) is 18.3 Å². The molecule has 1 aromatic carbocycles. The summed E-state index contributed by atoms with van der Waals surface area (Å²) in [4.78, 5) is 1.19. The van der Waals surface area contributed by atoms with Crippen LogP contribution in [0.25, 0.3) is 10.9 Å². The van der Waals surface area contributed by atoms with Crippen LogP contribution in [0.5, 0.6) is 5.75 Å². The maximum Gasteiger partial charge on any atom is 0.134 e. The number of fused-ring (bicyclic) bond motifs is 1. The Morgan fingerprint density at radius 1 is 1.32 bits per heavy atom. The highest BCUT2D eigenvalue weighted by atomic mass is 32.2. The van der Waals surface area contributed by atoms with E-state index >= 15 is 0 Å². The minimum absolute atomic E-state index is 0.343. The van der Waals surface area contributed by atoms with Crippen LogP contribution in [0.15, 0.2) is 23.2 Å². The van der Waals surface area contributed by atoms with Crippen molar-refractivity contribution in [2.24, 2.45) is 0 Å². The van der Waals surface area contributed by atoms with Crippen molar-refractivity contribution in [2.75, 3.05) is 12.8 Å². The lowest BCUT2D eigenvalue weighted by Gasteiger charge is -2.30. The SMILES string of the molecule is CCCN[C@H]1CC[C@H](Oc2ccc3[nH]ncc3c2SC)CC1. The molecule has 0 amide bonds. The maximum absolute atomic E-state index is 6.32. The summed E-state index contributed by atoms with van der Waals surface area (Å²) in [5.74, 6) is 1.01. The number of hydrogen-bond acceptors (Lipinski definition) is 4. The lowest BCUT2D eigenvalue weighted by atomic mass is 9.93. The van der Waals surface area contributed by atoms with Crippen molar-refractivity contribution in [3.8, 4) is 5.75 Å². The Morgan fingerprint density at radius 3 is 2.86 bits per heavy atom. The Balaban J connectivity index is 1.64. The molecule has 2 aromatic rings. The van der Waals surface area contributed by atoms with E-state index in [0.29, 0.717) is 12.1 Å². The fraction of sp³-hybridized carbons (Fsp3) is 0.588. The Hall–Kier alpha value is -1.20. The van der Waals surface area contributed by atoms with Gasteiger partial charge in [0.05, 0.1) is 22.7 Å². The van der Waals surface area contributed by atoms with Crippen LogP contribution in [0, 0.1) is 0 Å².